The molecule has 1 aliphatic heterocycles. The van der Waals surface area contributed by atoms with Gasteiger partial charge in [0.25, 0.3) is 0 Å². The highest BCUT2D eigenvalue weighted by Crippen LogP contribution is 2.14. The molecule has 4 nitrogen and oxygen atoms in total. The van der Waals surface area contributed by atoms with Crippen LogP contribution in [0, 0.1) is 0 Å². The molecule has 0 aromatic carbocycles. The normalized spacial score (nSPS) is 31.6. The predicted octanol–water partition coefficient (Wildman–Crippen LogP) is -0.657. The molecule has 11 heavy (non-hydrogen) atoms. The summed E-state index contributed by atoms with van der Waals surface area (Å²) >= 11 is 0. The largest absolute Gasteiger partial charge is 0.392 e. The molecular weight excluding hydrogens is 146 g/mol. The van der Waals surface area contributed by atoms with Gasteiger partial charge in [0.2, 0.25) is 0 Å². The first-order valence-corrected chi connectivity index (χ1v) is 3.68. The van der Waals surface area contributed by atoms with Gasteiger partial charge in [-0.05, 0) is 6.42 Å². The third-order valence-electron chi connectivity index (χ3n) is 1.84. The lowest BCUT2D eigenvalue weighted by Crippen LogP contribution is -2.33. The van der Waals surface area contributed by atoms with Crippen LogP contribution in [0.15, 0.2) is 0 Å². The molecule has 0 spiro atoms. The summed E-state index contributed by atoms with van der Waals surface area (Å²) in [4.78, 5) is 0. The Morgan fingerprint density at radius 2 is 2.09 bits per heavy atom. The molecule has 4 heteroatoms. The van der Waals surface area contributed by atoms with E-state index in [0.29, 0.717) is 13.0 Å². The van der Waals surface area contributed by atoms with Crippen molar-refractivity contribution in [2.75, 3.05) is 20.8 Å². The van der Waals surface area contributed by atoms with Crippen LogP contribution in [0.1, 0.15) is 6.42 Å². The molecule has 1 aliphatic rings. The van der Waals surface area contributed by atoms with E-state index in [4.69, 9.17) is 14.6 Å². The smallest absolute Gasteiger partial charge is 0.173 e. The van der Waals surface area contributed by atoms with Gasteiger partial charge < -0.3 is 14.6 Å². The highest BCUT2D eigenvalue weighted by molar-refractivity contribution is 4.82. The van der Waals surface area contributed by atoms with E-state index in [0.717, 1.165) is 0 Å². The van der Waals surface area contributed by atoms with Gasteiger partial charge in [-0.2, -0.15) is 0 Å². The fourth-order valence-electron chi connectivity index (χ4n) is 1.29. The topological polar surface area (TPSA) is 52.8 Å². The van der Waals surface area contributed by atoms with Crippen molar-refractivity contribution in [1.29, 1.82) is 0 Å². The van der Waals surface area contributed by atoms with Crippen LogP contribution in [0.2, 0.25) is 0 Å². The van der Waals surface area contributed by atoms with Crippen LogP contribution >= 0.6 is 0 Å². The Morgan fingerprint density at radius 3 is 2.45 bits per heavy atom. The van der Waals surface area contributed by atoms with Gasteiger partial charge in [0.1, 0.15) is 0 Å². The Hall–Kier alpha value is -0.160. The zero-order valence-electron chi connectivity index (χ0n) is 6.86. The minimum absolute atomic E-state index is 0.000000000000000222. The van der Waals surface area contributed by atoms with Crippen LogP contribution in [0.5, 0.6) is 0 Å². The second kappa shape index (κ2) is 4.01. The maximum atomic E-state index is 9.13. The third-order valence-corrected chi connectivity index (χ3v) is 1.84. The summed E-state index contributed by atoms with van der Waals surface area (Å²) in [6.45, 7) is 0.508. The van der Waals surface area contributed by atoms with Crippen molar-refractivity contribution in [3.63, 3.8) is 0 Å². The average Bonchev–Trinajstić information content (AvgIpc) is 2.39. The van der Waals surface area contributed by atoms with E-state index in [2.05, 4.69) is 5.32 Å². The van der Waals surface area contributed by atoms with E-state index < -0.39 is 0 Å². The molecule has 1 saturated heterocycles. The Labute approximate surface area is 66.5 Å². The van der Waals surface area contributed by atoms with Crippen LogP contribution in [0.25, 0.3) is 0 Å². The highest BCUT2D eigenvalue weighted by atomic mass is 16.7. The first-order chi connectivity index (χ1) is 5.27. The standard InChI is InChI=1S/C7H14NO3/c1-10-7(11-2)6-3-5(9)4-8-6/h5-7,9H,3-4H2,1-2H3. The number of hydrogen-bond acceptors (Lipinski definition) is 3. The van der Waals surface area contributed by atoms with Gasteiger partial charge in [-0.3, -0.25) is 0 Å². The molecular formula is C7H14NO3. The van der Waals surface area contributed by atoms with Gasteiger partial charge in [0.05, 0.1) is 12.1 Å². The average molecular weight is 160 g/mol. The van der Waals surface area contributed by atoms with Gasteiger partial charge in [-0.25, -0.2) is 5.32 Å². The van der Waals surface area contributed by atoms with Gasteiger partial charge in [0, 0.05) is 20.8 Å². The predicted molar refractivity (Wildman–Crippen MR) is 39.2 cm³/mol. The third kappa shape index (κ3) is 2.13. The quantitative estimate of drug-likeness (QED) is 0.558. The van der Waals surface area contributed by atoms with E-state index in [1.54, 1.807) is 14.2 Å². The maximum absolute atomic E-state index is 9.13. The maximum Gasteiger partial charge on any atom is 0.173 e. The van der Waals surface area contributed by atoms with Gasteiger partial charge in [-0.15, -0.1) is 0 Å². The summed E-state index contributed by atoms with van der Waals surface area (Å²) in [5.41, 5.74) is 0. The Morgan fingerprint density at radius 1 is 1.45 bits per heavy atom. The van der Waals surface area contributed by atoms with E-state index in [-0.39, 0.29) is 18.4 Å². The van der Waals surface area contributed by atoms with Gasteiger partial charge in [0.15, 0.2) is 6.29 Å². The van der Waals surface area contributed by atoms with E-state index in [9.17, 15) is 0 Å². The molecule has 1 rings (SSSR count). The fraction of sp³-hybridized carbons (Fsp3) is 1.00. The Kier molecular flexibility index (Phi) is 3.26. The van der Waals surface area contributed by atoms with Crippen LogP contribution in [-0.2, 0) is 9.47 Å². The molecule has 1 fully saturated rings. The molecule has 1 N–H and O–H groups in total. The number of aliphatic hydroxyl groups excluding tert-OH is 1. The Balaban J connectivity index is 2.34. The van der Waals surface area contributed by atoms with Gasteiger partial charge in [-0.1, -0.05) is 0 Å². The summed E-state index contributed by atoms with van der Waals surface area (Å²) in [6, 6.07) is -0.000000000000000222. The minimum Gasteiger partial charge on any atom is -0.392 e. The lowest BCUT2D eigenvalue weighted by Gasteiger charge is -2.18. The van der Waals surface area contributed by atoms with E-state index in [1.807, 2.05) is 0 Å². The number of ether oxygens (including phenoxy) is 2. The molecule has 0 aliphatic carbocycles. The van der Waals surface area contributed by atoms with Crippen LogP contribution in [0.3, 0.4) is 0 Å². The molecule has 0 bridgehead atoms. The SMILES string of the molecule is COC(OC)C1CC(O)C[N]1. The highest BCUT2D eigenvalue weighted by Gasteiger charge is 2.30. The molecule has 1 heterocycles. The molecule has 0 aromatic rings. The first-order valence-electron chi connectivity index (χ1n) is 3.68. The van der Waals surface area contributed by atoms with Crippen molar-refractivity contribution in [2.45, 2.75) is 24.9 Å². The van der Waals surface area contributed by atoms with Crippen molar-refractivity contribution < 1.29 is 14.6 Å². The first kappa shape index (κ1) is 8.93. The molecule has 0 aromatic heterocycles. The molecule has 0 amide bonds. The number of methoxy groups -OCH3 is 2. The summed E-state index contributed by atoms with van der Waals surface area (Å²) in [7, 11) is 3.16. The summed E-state index contributed by atoms with van der Waals surface area (Å²) < 4.78 is 10.0. The van der Waals surface area contributed by atoms with Crippen LogP contribution in [0.4, 0.5) is 0 Å². The number of aliphatic hydroxyl groups is 1. The molecule has 0 saturated carbocycles. The van der Waals surface area contributed by atoms with Crippen molar-refractivity contribution in [2.24, 2.45) is 0 Å². The van der Waals surface area contributed by atoms with Crippen molar-refractivity contribution in [3.05, 3.63) is 0 Å². The molecule has 2 atom stereocenters. The minimum atomic E-state index is -0.312. The number of nitrogens with zero attached hydrogens (tertiary/aromatic N) is 1. The van der Waals surface area contributed by atoms with E-state index in [1.165, 1.54) is 0 Å². The number of hydrogen-bond donors (Lipinski definition) is 1. The monoisotopic (exact) mass is 160 g/mol. The molecule has 2 unspecified atom stereocenters. The van der Waals surface area contributed by atoms with Crippen LogP contribution < -0.4 is 5.32 Å². The summed E-state index contributed by atoms with van der Waals surface area (Å²) in [6.07, 6.45) is 0.0340. The van der Waals surface area contributed by atoms with Crippen LogP contribution in [-0.4, -0.2) is 44.3 Å². The zero-order chi connectivity index (χ0) is 8.27. The van der Waals surface area contributed by atoms with Crippen molar-refractivity contribution in [3.8, 4) is 0 Å². The van der Waals surface area contributed by atoms with Crippen molar-refractivity contribution in [1.82, 2.24) is 5.32 Å². The lowest BCUT2D eigenvalue weighted by atomic mass is 10.2. The van der Waals surface area contributed by atoms with Crippen molar-refractivity contribution >= 4 is 0 Å². The summed E-state index contributed by atoms with van der Waals surface area (Å²) in [5, 5.41) is 13.3. The lowest BCUT2D eigenvalue weighted by molar-refractivity contribution is -0.121. The summed E-state index contributed by atoms with van der Waals surface area (Å²) in [5.74, 6) is 0. The Bertz CT molecular complexity index is 116. The zero-order valence-corrected chi connectivity index (χ0v) is 6.86. The second-order valence-corrected chi connectivity index (χ2v) is 2.66. The second-order valence-electron chi connectivity index (χ2n) is 2.66. The molecule has 1 radical (unpaired) electrons. The van der Waals surface area contributed by atoms with Gasteiger partial charge >= 0.3 is 0 Å². The number of rotatable bonds is 3. The molecule has 65 valence electrons. The fourth-order valence-corrected chi connectivity index (χ4v) is 1.29. The van der Waals surface area contributed by atoms with E-state index >= 15 is 0 Å².